The highest BCUT2D eigenvalue weighted by molar-refractivity contribution is 5.73. The summed E-state index contributed by atoms with van der Waals surface area (Å²) in [6.45, 7) is 8.70. The highest BCUT2D eigenvalue weighted by Crippen LogP contribution is 2.39. The van der Waals surface area contributed by atoms with Crippen LogP contribution in [0.2, 0.25) is 0 Å². The van der Waals surface area contributed by atoms with Crippen molar-refractivity contribution >= 4 is 11.4 Å². The van der Waals surface area contributed by atoms with Gasteiger partial charge in [-0.15, -0.1) is 0 Å². The fourth-order valence-corrected chi connectivity index (χ4v) is 2.24. The number of nitrogens with zero attached hydrogens (tertiary/aromatic N) is 1. The molecule has 1 aliphatic heterocycles. The van der Waals surface area contributed by atoms with Crippen LogP contribution in [0.3, 0.4) is 0 Å². The van der Waals surface area contributed by atoms with Gasteiger partial charge in [0.1, 0.15) is 13.2 Å². The molecule has 4 heteroatoms. The van der Waals surface area contributed by atoms with Crippen LogP contribution in [0.25, 0.3) is 0 Å². The molecule has 2 N–H and O–H groups in total. The summed E-state index contributed by atoms with van der Waals surface area (Å²) >= 11 is 0. The van der Waals surface area contributed by atoms with Crippen LogP contribution in [0.15, 0.2) is 12.1 Å². The molecular formula is C14H22N2O2. The van der Waals surface area contributed by atoms with E-state index in [0.29, 0.717) is 19.3 Å². The summed E-state index contributed by atoms with van der Waals surface area (Å²) in [7, 11) is 0. The zero-order valence-corrected chi connectivity index (χ0v) is 11.4. The average Bonchev–Trinajstić information content (AvgIpc) is 2.35. The first kappa shape index (κ1) is 12.9. The van der Waals surface area contributed by atoms with Crippen molar-refractivity contribution in [3.8, 4) is 11.5 Å². The SMILES string of the molecule is CCCN(c1cc2c(cc1N)OCCO2)C(C)C. The van der Waals surface area contributed by atoms with E-state index >= 15 is 0 Å². The summed E-state index contributed by atoms with van der Waals surface area (Å²) < 4.78 is 11.2. The maximum absolute atomic E-state index is 6.14. The smallest absolute Gasteiger partial charge is 0.163 e. The molecule has 2 rings (SSSR count). The van der Waals surface area contributed by atoms with Gasteiger partial charge in [0.2, 0.25) is 0 Å². The third kappa shape index (κ3) is 2.47. The molecule has 100 valence electrons. The monoisotopic (exact) mass is 250 g/mol. The first-order chi connectivity index (χ1) is 8.63. The third-order valence-electron chi connectivity index (χ3n) is 3.09. The largest absolute Gasteiger partial charge is 0.486 e. The lowest BCUT2D eigenvalue weighted by atomic mass is 10.1. The third-order valence-corrected chi connectivity index (χ3v) is 3.09. The Kier molecular flexibility index (Phi) is 3.84. The molecule has 1 aliphatic rings. The average molecular weight is 250 g/mol. The maximum atomic E-state index is 6.14. The Labute approximate surface area is 109 Å². The predicted molar refractivity (Wildman–Crippen MR) is 74.6 cm³/mol. The van der Waals surface area contributed by atoms with Gasteiger partial charge in [0, 0.05) is 24.7 Å². The second-order valence-electron chi connectivity index (χ2n) is 4.84. The van der Waals surface area contributed by atoms with Gasteiger partial charge in [-0.2, -0.15) is 0 Å². The number of nitrogens with two attached hydrogens (primary N) is 1. The van der Waals surface area contributed by atoms with E-state index in [1.807, 2.05) is 12.1 Å². The molecule has 0 atom stereocenters. The molecule has 18 heavy (non-hydrogen) atoms. The molecule has 0 unspecified atom stereocenters. The highest BCUT2D eigenvalue weighted by atomic mass is 16.6. The van der Waals surface area contributed by atoms with E-state index in [4.69, 9.17) is 15.2 Å². The van der Waals surface area contributed by atoms with Crippen LogP contribution in [0.4, 0.5) is 11.4 Å². The molecule has 4 nitrogen and oxygen atoms in total. The van der Waals surface area contributed by atoms with Crippen molar-refractivity contribution in [2.24, 2.45) is 0 Å². The second-order valence-corrected chi connectivity index (χ2v) is 4.84. The molecule has 0 radical (unpaired) electrons. The Hall–Kier alpha value is -1.58. The number of benzene rings is 1. The van der Waals surface area contributed by atoms with Crippen LogP contribution >= 0.6 is 0 Å². The van der Waals surface area contributed by atoms with Crippen molar-refractivity contribution < 1.29 is 9.47 Å². The molecule has 0 bridgehead atoms. The summed E-state index contributed by atoms with van der Waals surface area (Å²) in [5, 5.41) is 0. The minimum absolute atomic E-state index is 0.412. The van der Waals surface area contributed by atoms with Crippen LogP contribution in [0.5, 0.6) is 11.5 Å². The summed E-state index contributed by atoms with van der Waals surface area (Å²) in [6.07, 6.45) is 1.09. The molecule has 0 saturated heterocycles. The molecule has 0 fully saturated rings. The van der Waals surface area contributed by atoms with Crippen molar-refractivity contribution in [1.29, 1.82) is 0 Å². The number of nitrogen functional groups attached to an aromatic ring is 1. The lowest BCUT2D eigenvalue weighted by molar-refractivity contribution is 0.172. The number of ether oxygens (including phenoxy) is 2. The van der Waals surface area contributed by atoms with Crippen LogP contribution in [-0.2, 0) is 0 Å². The zero-order chi connectivity index (χ0) is 13.1. The minimum Gasteiger partial charge on any atom is -0.486 e. The first-order valence-electron chi connectivity index (χ1n) is 6.59. The van der Waals surface area contributed by atoms with Crippen molar-refractivity contribution in [3.63, 3.8) is 0 Å². The fourth-order valence-electron chi connectivity index (χ4n) is 2.24. The second kappa shape index (κ2) is 5.38. The maximum Gasteiger partial charge on any atom is 0.163 e. The molecule has 1 aromatic carbocycles. The molecule has 1 heterocycles. The van der Waals surface area contributed by atoms with Gasteiger partial charge < -0.3 is 20.1 Å². The topological polar surface area (TPSA) is 47.7 Å². The summed E-state index contributed by atoms with van der Waals surface area (Å²) in [4.78, 5) is 2.30. The molecule has 0 amide bonds. The van der Waals surface area contributed by atoms with E-state index in [9.17, 15) is 0 Å². The molecule has 0 aliphatic carbocycles. The summed E-state index contributed by atoms with van der Waals surface area (Å²) in [5.74, 6) is 1.55. The minimum atomic E-state index is 0.412. The Morgan fingerprint density at radius 3 is 2.39 bits per heavy atom. The highest BCUT2D eigenvalue weighted by Gasteiger charge is 2.19. The summed E-state index contributed by atoms with van der Waals surface area (Å²) in [6, 6.07) is 4.28. The van der Waals surface area contributed by atoms with E-state index in [2.05, 4.69) is 25.7 Å². The van der Waals surface area contributed by atoms with E-state index in [1.54, 1.807) is 0 Å². The van der Waals surface area contributed by atoms with Crippen molar-refractivity contribution in [2.45, 2.75) is 33.2 Å². The molecule has 0 spiro atoms. The van der Waals surface area contributed by atoms with Gasteiger partial charge >= 0.3 is 0 Å². The molecule has 0 saturated carbocycles. The van der Waals surface area contributed by atoms with Gasteiger partial charge in [0.15, 0.2) is 11.5 Å². The van der Waals surface area contributed by atoms with Crippen molar-refractivity contribution in [2.75, 3.05) is 30.4 Å². The molecular weight excluding hydrogens is 228 g/mol. The first-order valence-corrected chi connectivity index (χ1v) is 6.59. The molecule has 0 aromatic heterocycles. The Morgan fingerprint density at radius 2 is 1.83 bits per heavy atom. The van der Waals surface area contributed by atoms with Crippen molar-refractivity contribution in [3.05, 3.63) is 12.1 Å². The fraction of sp³-hybridized carbons (Fsp3) is 0.571. The van der Waals surface area contributed by atoms with Gasteiger partial charge in [-0.25, -0.2) is 0 Å². The number of fused-ring (bicyclic) bond motifs is 1. The number of hydrogen-bond donors (Lipinski definition) is 1. The van der Waals surface area contributed by atoms with Gasteiger partial charge in [0.05, 0.1) is 11.4 Å². The lowest BCUT2D eigenvalue weighted by Crippen LogP contribution is -2.32. The number of anilines is 2. The van der Waals surface area contributed by atoms with E-state index in [0.717, 1.165) is 35.8 Å². The van der Waals surface area contributed by atoms with Gasteiger partial charge in [-0.3, -0.25) is 0 Å². The number of hydrogen-bond acceptors (Lipinski definition) is 4. The van der Waals surface area contributed by atoms with Crippen LogP contribution in [0, 0.1) is 0 Å². The van der Waals surface area contributed by atoms with Gasteiger partial charge in [-0.05, 0) is 20.3 Å². The van der Waals surface area contributed by atoms with Crippen LogP contribution in [-0.4, -0.2) is 25.8 Å². The lowest BCUT2D eigenvalue weighted by Gasteiger charge is -2.31. The summed E-state index contributed by atoms with van der Waals surface area (Å²) in [5.41, 5.74) is 7.93. The number of rotatable bonds is 4. The standard InChI is InChI=1S/C14H22N2O2/c1-4-5-16(10(2)3)12-9-14-13(8-11(12)15)17-6-7-18-14/h8-10H,4-7,15H2,1-3H3. The Morgan fingerprint density at radius 1 is 1.22 bits per heavy atom. The van der Waals surface area contributed by atoms with Crippen molar-refractivity contribution in [1.82, 2.24) is 0 Å². The van der Waals surface area contributed by atoms with E-state index < -0.39 is 0 Å². The van der Waals surface area contributed by atoms with E-state index in [1.165, 1.54) is 0 Å². The van der Waals surface area contributed by atoms with Crippen LogP contribution in [0.1, 0.15) is 27.2 Å². The van der Waals surface area contributed by atoms with Gasteiger partial charge in [-0.1, -0.05) is 6.92 Å². The predicted octanol–water partition coefficient (Wildman–Crippen LogP) is 2.66. The van der Waals surface area contributed by atoms with Gasteiger partial charge in [0.25, 0.3) is 0 Å². The Bertz CT molecular complexity index is 419. The molecule has 1 aromatic rings. The van der Waals surface area contributed by atoms with Crippen LogP contribution < -0.4 is 20.1 Å². The zero-order valence-electron chi connectivity index (χ0n) is 11.4. The normalized spacial score (nSPS) is 13.8. The van der Waals surface area contributed by atoms with E-state index in [-0.39, 0.29) is 0 Å². The Balaban J connectivity index is 2.36. The quantitative estimate of drug-likeness (QED) is 0.835.